The van der Waals surface area contributed by atoms with Crippen LogP contribution in [-0.4, -0.2) is 59.3 Å². The van der Waals surface area contributed by atoms with Gasteiger partial charge in [-0.2, -0.15) is 13.2 Å². The summed E-state index contributed by atoms with van der Waals surface area (Å²) in [5.74, 6) is -1.12. The van der Waals surface area contributed by atoms with Gasteiger partial charge in [-0.1, -0.05) is 0 Å². The van der Waals surface area contributed by atoms with E-state index in [9.17, 15) is 22.8 Å². The molecule has 0 aromatic rings. The fraction of sp³-hybridized carbons (Fsp3) is 0.818. The van der Waals surface area contributed by atoms with Crippen LogP contribution in [0.4, 0.5) is 18.0 Å². The number of hydrogen-bond donors (Lipinski definition) is 1. The molecule has 0 spiro atoms. The van der Waals surface area contributed by atoms with Crippen molar-refractivity contribution in [3.63, 3.8) is 0 Å². The number of nitrogens with zero attached hydrogens (tertiary/aromatic N) is 2. The number of carbonyl (C=O) groups excluding carboxylic acids is 1. The van der Waals surface area contributed by atoms with Crippen molar-refractivity contribution in [3.8, 4) is 0 Å². The third kappa shape index (κ3) is 5.80. The minimum atomic E-state index is -4.61. The second-order valence-corrected chi connectivity index (χ2v) is 4.63. The van der Waals surface area contributed by atoms with Crippen molar-refractivity contribution < 1.29 is 27.9 Å². The first-order chi connectivity index (χ1) is 8.73. The Kier molecular flexibility index (Phi) is 5.02. The molecule has 1 saturated carbocycles. The fourth-order valence-corrected chi connectivity index (χ4v) is 1.73. The molecule has 1 N–H and O–H groups in total. The Morgan fingerprint density at radius 1 is 1.26 bits per heavy atom. The van der Waals surface area contributed by atoms with Crippen LogP contribution in [0.5, 0.6) is 0 Å². The van der Waals surface area contributed by atoms with E-state index in [1.54, 1.807) is 6.92 Å². The van der Waals surface area contributed by atoms with Crippen LogP contribution in [0.2, 0.25) is 0 Å². The maximum absolute atomic E-state index is 12.4. The maximum Gasteiger partial charge on any atom is 0.406 e. The predicted octanol–water partition coefficient (Wildman–Crippen LogP) is 1.79. The number of rotatable bonds is 6. The summed E-state index contributed by atoms with van der Waals surface area (Å²) in [5, 5.41) is 8.60. The summed E-state index contributed by atoms with van der Waals surface area (Å²) >= 11 is 0. The lowest BCUT2D eigenvalue weighted by molar-refractivity contribution is -0.149. The molecule has 0 unspecified atom stereocenters. The van der Waals surface area contributed by atoms with Crippen LogP contribution >= 0.6 is 0 Å². The lowest BCUT2D eigenvalue weighted by Crippen LogP contribution is -2.49. The van der Waals surface area contributed by atoms with Crippen molar-refractivity contribution in [2.45, 2.75) is 25.9 Å². The van der Waals surface area contributed by atoms with E-state index >= 15 is 0 Å². The van der Waals surface area contributed by atoms with Crippen LogP contribution < -0.4 is 0 Å². The van der Waals surface area contributed by atoms with E-state index in [-0.39, 0.29) is 6.54 Å². The second-order valence-electron chi connectivity index (χ2n) is 4.63. The number of halogens is 3. The Morgan fingerprint density at radius 3 is 2.21 bits per heavy atom. The average Bonchev–Trinajstić information content (AvgIpc) is 3.05. The maximum atomic E-state index is 12.4. The summed E-state index contributed by atoms with van der Waals surface area (Å²) in [6.07, 6.45) is -2.69. The fourth-order valence-electron chi connectivity index (χ4n) is 1.73. The number of carbonyl (C=O) groups is 2. The number of carboxylic acids is 1. The summed E-state index contributed by atoms with van der Waals surface area (Å²) in [6, 6.07) is -0.867. The zero-order valence-corrected chi connectivity index (χ0v) is 10.6. The Bertz CT molecular complexity index is 343. The molecule has 2 amide bonds. The predicted molar refractivity (Wildman–Crippen MR) is 60.6 cm³/mol. The SMILES string of the molecule is CCN(CC1CC1)C(=O)N(CC(=O)O)CC(F)(F)F. The molecular formula is C11H17F3N2O3. The van der Waals surface area contributed by atoms with Gasteiger partial charge in [0.15, 0.2) is 0 Å². The lowest BCUT2D eigenvalue weighted by atomic mass is 10.3. The average molecular weight is 282 g/mol. The van der Waals surface area contributed by atoms with Crippen molar-refractivity contribution in [2.24, 2.45) is 5.92 Å². The summed E-state index contributed by atoms with van der Waals surface area (Å²) in [5.41, 5.74) is 0. The van der Waals surface area contributed by atoms with E-state index in [0.29, 0.717) is 17.4 Å². The number of carboxylic acid groups (broad SMARTS) is 1. The minimum Gasteiger partial charge on any atom is -0.480 e. The summed E-state index contributed by atoms with van der Waals surface area (Å²) in [6.45, 7) is -0.168. The molecule has 0 atom stereocenters. The number of urea groups is 1. The van der Waals surface area contributed by atoms with Gasteiger partial charge in [0.2, 0.25) is 0 Å². The van der Waals surface area contributed by atoms with Gasteiger partial charge in [-0.3, -0.25) is 4.79 Å². The molecule has 0 radical (unpaired) electrons. The first-order valence-corrected chi connectivity index (χ1v) is 6.05. The van der Waals surface area contributed by atoms with E-state index in [2.05, 4.69) is 0 Å². The van der Waals surface area contributed by atoms with Gasteiger partial charge in [0, 0.05) is 13.1 Å². The van der Waals surface area contributed by atoms with Crippen LogP contribution in [0.3, 0.4) is 0 Å². The monoisotopic (exact) mass is 282 g/mol. The second kappa shape index (κ2) is 6.12. The van der Waals surface area contributed by atoms with E-state index in [4.69, 9.17) is 5.11 Å². The molecule has 0 aliphatic heterocycles. The molecule has 1 rings (SSSR count). The highest BCUT2D eigenvalue weighted by atomic mass is 19.4. The lowest BCUT2D eigenvalue weighted by Gasteiger charge is -2.29. The minimum absolute atomic E-state index is 0.267. The summed E-state index contributed by atoms with van der Waals surface area (Å²) in [7, 11) is 0. The van der Waals surface area contributed by atoms with Crippen LogP contribution in [-0.2, 0) is 4.79 Å². The molecule has 8 heteroatoms. The van der Waals surface area contributed by atoms with Gasteiger partial charge >= 0.3 is 18.2 Å². The Balaban J connectivity index is 2.69. The van der Waals surface area contributed by atoms with Crippen LogP contribution in [0.25, 0.3) is 0 Å². The van der Waals surface area contributed by atoms with Gasteiger partial charge in [0.05, 0.1) is 0 Å². The molecule has 19 heavy (non-hydrogen) atoms. The normalized spacial score (nSPS) is 15.2. The van der Waals surface area contributed by atoms with E-state index in [0.717, 1.165) is 12.8 Å². The first-order valence-electron chi connectivity index (χ1n) is 6.05. The highest BCUT2D eigenvalue weighted by Gasteiger charge is 2.36. The molecule has 1 fully saturated rings. The molecule has 1 aliphatic rings. The van der Waals surface area contributed by atoms with Gasteiger partial charge in [0.25, 0.3) is 0 Å². The molecule has 0 aromatic heterocycles. The first kappa shape index (κ1) is 15.6. The zero-order valence-electron chi connectivity index (χ0n) is 10.6. The van der Waals surface area contributed by atoms with Gasteiger partial charge in [0.1, 0.15) is 13.1 Å². The van der Waals surface area contributed by atoms with Crippen molar-refractivity contribution in [1.29, 1.82) is 0 Å². The van der Waals surface area contributed by atoms with Gasteiger partial charge < -0.3 is 14.9 Å². The van der Waals surface area contributed by atoms with Gasteiger partial charge in [-0.15, -0.1) is 0 Å². The highest BCUT2D eigenvalue weighted by molar-refractivity contribution is 5.80. The van der Waals surface area contributed by atoms with E-state index < -0.39 is 31.3 Å². The molecule has 110 valence electrons. The third-order valence-electron chi connectivity index (χ3n) is 2.79. The largest absolute Gasteiger partial charge is 0.480 e. The zero-order chi connectivity index (χ0) is 14.6. The van der Waals surface area contributed by atoms with Crippen molar-refractivity contribution in [3.05, 3.63) is 0 Å². The molecule has 1 aliphatic carbocycles. The quantitative estimate of drug-likeness (QED) is 0.808. The van der Waals surface area contributed by atoms with Gasteiger partial charge in [-0.25, -0.2) is 4.79 Å². The molecular weight excluding hydrogens is 265 g/mol. The van der Waals surface area contributed by atoms with Gasteiger partial charge in [-0.05, 0) is 25.7 Å². The van der Waals surface area contributed by atoms with E-state index in [1.165, 1.54) is 4.90 Å². The highest BCUT2D eigenvalue weighted by Crippen LogP contribution is 2.30. The molecule has 5 nitrogen and oxygen atoms in total. The Hall–Kier alpha value is -1.47. The molecule has 0 aromatic carbocycles. The number of aliphatic carboxylic acids is 1. The Labute approximate surface area is 109 Å². The number of amides is 2. The van der Waals surface area contributed by atoms with Crippen molar-refractivity contribution in [1.82, 2.24) is 9.80 Å². The van der Waals surface area contributed by atoms with Crippen molar-refractivity contribution in [2.75, 3.05) is 26.2 Å². The summed E-state index contributed by atoms with van der Waals surface area (Å²) < 4.78 is 37.1. The third-order valence-corrected chi connectivity index (χ3v) is 2.79. The van der Waals surface area contributed by atoms with Crippen molar-refractivity contribution >= 4 is 12.0 Å². The smallest absolute Gasteiger partial charge is 0.406 e. The van der Waals surface area contributed by atoms with Crippen LogP contribution in [0, 0.1) is 5.92 Å². The number of alkyl halides is 3. The standard InChI is InChI=1S/C11H17F3N2O3/c1-2-15(5-8-3-4-8)10(19)16(6-9(17)18)7-11(12,13)14/h8H,2-7H2,1H3,(H,17,18). The Morgan fingerprint density at radius 2 is 1.84 bits per heavy atom. The van der Waals surface area contributed by atoms with E-state index in [1.807, 2.05) is 0 Å². The molecule has 0 heterocycles. The molecule has 0 bridgehead atoms. The molecule has 0 saturated heterocycles. The summed E-state index contributed by atoms with van der Waals surface area (Å²) in [4.78, 5) is 24.1. The topological polar surface area (TPSA) is 60.9 Å². The van der Waals surface area contributed by atoms with Crippen LogP contribution in [0.1, 0.15) is 19.8 Å². The number of hydrogen-bond acceptors (Lipinski definition) is 2. The van der Waals surface area contributed by atoms with Crippen LogP contribution in [0.15, 0.2) is 0 Å².